The predicted octanol–water partition coefficient (Wildman–Crippen LogP) is 5.40. The van der Waals surface area contributed by atoms with Crippen LogP contribution in [-0.4, -0.2) is 36.4 Å². The summed E-state index contributed by atoms with van der Waals surface area (Å²) >= 11 is 8.50. The minimum atomic E-state index is -4.53. The Labute approximate surface area is 201 Å². The third-order valence-corrected chi connectivity index (χ3v) is 6.44. The van der Waals surface area contributed by atoms with E-state index in [0.717, 1.165) is 41.3 Å². The molecule has 0 saturated heterocycles. The zero-order valence-corrected chi connectivity index (χ0v) is 20.3. The monoisotopic (exact) mass is 516 g/mol. The summed E-state index contributed by atoms with van der Waals surface area (Å²) in [5.74, 6) is 0.620. The maximum Gasteiger partial charge on any atom is 0.416 e. The molecule has 0 aliphatic heterocycles. The van der Waals surface area contributed by atoms with Gasteiger partial charge in [-0.2, -0.15) is 13.2 Å². The van der Waals surface area contributed by atoms with E-state index >= 15 is 0 Å². The number of nitrogens with one attached hydrogen (secondary N) is 1. The van der Waals surface area contributed by atoms with E-state index in [1.807, 2.05) is 31.4 Å². The van der Waals surface area contributed by atoms with Crippen molar-refractivity contribution in [3.8, 4) is 0 Å². The number of amides is 1. The summed E-state index contributed by atoms with van der Waals surface area (Å²) in [6.45, 7) is 6.32. The van der Waals surface area contributed by atoms with E-state index in [4.69, 9.17) is 11.6 Å². The van der Waals surface area contributed by atoms with Crippen molar-refractivity contribution in [1.82, 2.24) is 24.7 Å². The smallest absolute Gasteiger partial charge is 0.324 e. The van der Waals surface area contributed by atoms with Crippen molar-refractivity contribution < 1.29 is 18.0 Å². The molecule has 0 aliphatic carbocycles. The van der Waals surface area contributed by atoms with Gasteiger partial charge in [-0.05, 0) is 45.0 Å². The number of halogens is 4. The van der Waals surface area contributed by atoms with Crippen LogP contribution < -0.4 is 5.32 Å². The Hall–Kier alpha value is -2.31. The Morgan fingerprint density at radius 3 is 2.45 bits per heavy atom. The normalized spacial score (nSPS) is 11.6. The molecule has 0 aliphatic rings. The number of aryl methyl sites for hydroxylation is 2. The third-order valence-electron chi connectivity index (χ3n) is 4.30. The van der Waals surface area contributed by atoms with Crippen LogP contribution in [0.5, 0.6) is 0 Å². The largest absolute Gasteiger partial charge is 0.416 e. The van der Waals surface area contributed by atoms with Crippen LogP contribution in [0.1, 0.15) is 29.7 Å². The molecule has 2 aromatic heterocycles. The number of thioether (sulfide) groups is 2. The second-order valence-electron chi connectivity index (χ2n) is 6.89. The van der Waals surface area contributed by atoms with Crippen LogP contribution in [-0.2, 0) is 23.3 Å². The summed E-state index contributed by atoms with van der Waals surface area (Å²) < 4.78 is 40.6. The van der Waals surface area contributed by atoms with Gasteiger partial charge in [0, 0.05) is 17.9 Å². The molecule has 13 heteroatoms. The number of nitrogens with zero attached hydrogens (tertiary/aromatic N) is 5. The molecule has 0 bridgehead atoms. The standard InChI is InChI=1S/C20H20ClF3N6OS2/c1-4-30-16(9-32-18-25-11(2)7-12(3)26-18)28-29-19(30)33-10-17(31)27-15-8-13(20(22,23)24)5-6-14(15)21/h5-8H,4,9-10H2,1-3H3,(H,27,31). The third kappa shape index (κ3) is 6.84. The van der Waals surface area contributed by atoms with Gasteiger partial charge in [0.2, 0.25) is 5.91 Å². The second-order valence-corrected chi connectivity index (χ2v) is 9.19. The molecule has 176 valence electrons. The molecule has 0 atom stereocenters. The van der Waals surface area contributed by atoms with Crippen molar-refractivity contribution in [2.24, 2.45) is 0 Å². The molecule has 3 rings (SSSR count). The van der Waals surface area contributed by atoms with Crippen molar-refractivity contribution in [2.45, 2.75) is 49.6 Å². The van der Waals surface area contributed by atoms with E-state index in [1.165, 1.54) is 11.8 Å². The van der Waals surface area contributed by atoms with Crippen LogP contribution in [0.2, 0.25) is 5.02 Å². The molecule has 7 nitrogen and oxygen atoms in total. The fourth-order valence-corrected chi connectivity index (χ4v) is 4.73. The maximum absolute atomic E-state index is 12.9. The molecule has 1 amide bonds. The van der Waals surface area contributed by atoms with Gasteiger partial charge in [-0.1, -0.05) is 35.1 Å². The average molecular weight is 517 g/mol. The zero-order valence-electron chi connectivity index (χ0n) is 17.9. The lowest BCUT2D eigenvalue weighted by Gasteiger charge is -2.11. The van der Waals surface area contributed by atoms with Gasteiger partial charge < -0.3 is 9.88 Å². The van der Waals surface area contributed by atoms with Crippen LogP contribution >= 0.6 is 35.1 Å². The number of carbonyl (C=O) groups excluding carboxylic acids is 1. The minimum Gasteiger partial charge on any atom is -0.324 e. The van der Waals surface area contributed by atoms with Crippen molar-refractivity contribution in [1.29, 1.82) is 0 Å². The molecule has 1 N–H and O–H groups in total. The summed E-state index contributed by atoms with van der Waals surface area (Å²) in [6, 6.07) is 4.66. The summed E-state index contributed by atoms with van der Waals surface area (Å²) in [5.41, 5.74) is 0.769. The van der Waals surface area contributed by atoms with Crippen molar-refractivity contribution in [2.75, 3.05) is 11.1 Å². The number of alkyl halides is 3. The Bertz CT molecular complexity index is 1140. The maximum atomic E-state index is 12.9. The van der Waals surface area contributed by atoms with Gasteiger partial charge in [0.25, 0.3) is 0 Å². The molecule has 2 heterocycles. The van der Waals surface area contributed by atoms with Crippen LogP contribution in [0, 0.1) is 13.8 Å². The van der Waals surface area contributed by atoms with Gasteiger partial charge in [-0.25, -0.2) is 9.97 Å². The minimum absolute atomic E-state index is 0.0194. The van der Waals surface area contributed by atoms with Crippen LogP contribution in [0.25, 0.3) is 0 Å². The number of benzene rings is 1. The second kappa shape index (κ2) is 10.7. The van der Waals surface area contributed by atoms with Crippen LogP contribution in [0.15, 0.2) is 34.6 Å². The van der Waals surface area contributed by atoms with E-state index in [9.17, 15) is 18.0 Å². The Kier molecular flexibility index (Phi) is 8.24. The van der Waals surface area contributed by atoms with E-state index in [2.05, 4.69) is 25.5 Å². The van der Waals surface area contributed by atoms with Gasteiger partial charge in [0.05, 0.1) is 27.8 Å². The van der Waals surface area contributed by atoms with E-state index in [-0.39, 0.29) is 16.5 Å². The fraction of sp³-hybridized carbons (Fsp3) is 0.350. The topological polar surface area (TPSA) is 85.6 Å². The highest BCUT2D eigenvalue weighted by molar-refractivity contribution is 7.99. The van der Waals surface area contributed by atoms with Crippen molar-refractivity contribution in [3.63, 3.8) is 0 Å². The highest BCUT2D eigenvalue weighted by Gasteiger charge is 2.31. The van der Waals surface area contributed by atoms with Crippen LogP contribution in [0.4, 0.5) is 18.9 Å². The van der Waals surface area contributed by atoms with Crippen molar-refractivity contribution in [3.05, 3.63) is 52.1 Å². The molecule has 0 radical (unpaired) electrons. The number of carbonyl (C=O) groups is 1. The SMILES string of the molecule is CCn1c(CSc2nc(C)cc(C)n2)nnc1SCC(=O)Nc1cc(C(F)(F)F)ccc1Cl. The predicted molar refractivity (Wildman–Crippen MR) is 123 cm³/mol. The first kappa shape index (κ1) is 25.3. The summed E-state index contributed by atoms with van der Waals surface area (Å²) in [7, 11) is 0. The molecular formula is C20H20ClF3N6OS2. The van der Waals surface area contributed by atoms with Crippen LogP contribution in [0.3, 0.4) is 0 Å². The lowest BCUT2D eigenvalue weighted by Crippen LogP contribution is -2.16. The molecule has 33 heavy (non-hydrogen) atoms. The summed E-state index contributed by atoms with van der Waals surface area (Å²) in [6.07, 6.45) is -4.53. The highest BCUT2D eigenvalue weighted by atomic mass is 35.5. The van der Waals surface area contributed by atoms with Crippen molar-refractivity contribution >= 4 is 46.7 Å². The fourth-order valence-electron chi connectivity index (χ4n) is 2.85. The van der Waals surface area contributed by atoms with Gasteiger partial charge in [0.1, 0.15) is 5.82 Å². The zero-order chi connectivity index (χ0) is 24.2. The summed E-state index contributed by atoms with van der Waals surface area (Å²) in [4.78, 5) is 21.1. The highest BCUT2D eigenvalue weighted by Crippen LogP contribution is 2.34. The molecule has 3 aromatic rings. The molecule has 0 saturated carbocycles. The number of rotatable bonds is 8. The lowest BCUT2D eigenvalue weighted by molar-refractivity contribution is -0.137. The number of aromatic nitrogens is 5. The van der Waals surface area contributed by atoms with E-state index in [0.29, 0.717) is 28.4 Å². The molecule has 0 spiro atoms. The van der Waals surface area contributed by atoms with Gasteiger partial charge in [-0.3, -0.25) is 4.79 Å². The number of anilines is 1. The summed E-state index contributed by atoms with van der Waals surface area (Å²) in [5, 5.41) is 12.0. The van der Waals surface area contributed by atoms with Gasteiger partial charge in [-0.15, -0.1) is 10.2 Å². The first-order valence-corrected chi connectivity index (χ1v) is 12.1. The quantitative estimate of drug-likeness (QED) is 0.317. The van der Waals surface area contributed by atoms with Gasteiger partial charge >= 0.3 is 6.18 Å². The molecule has 1 aromatic carbocycles. The Morgan fingerprint density at radius 1 is 1.12 bits per heavy atom. The number of hydrogen-bond acceptors (Lipinski definition) is 7. The van der Waals surface area contributed by atoms with E-state index < -0.39 is 17.6 Å². The average Bonchev–Trinajstić information content (AvgIpc) is 3.12. The van der Waals surface area contributed by atoms with E-state index in [1.54, 1.807) is 0 Å². The number of hydrogen-bond donors (Lipinski definition) is 1. The molecule has 0 unspecified atom stereocenters. The Morgan fingerprint density at radius 2 is 1.82 bits per heavy atom. The molecule has 0 fully saturated rings. The van der Waals surface area contributed by atoms with Gasteiger partial charge in [0.15, 0.2) is 10.3 Å². The first-order chi connectivity index (χ1) is 15.6. The lowest BCUT2D eigenvalue weighted by atomic mass is 10.2. The molecular weight excluding hydrogens is 497 g/mol. The first-order valence-electron chi connectivity index (χ1n) is 9.73. The Balaban J connectivity index is 1.62.